The smallest absolute Gasteiger partial charge is 0.363 e. The third kappa shape index (κ3) is 6.29. The SMILES string of the molecule is CCCCCCOc1ccc(/C=N/Nc2cn[nH]c(=O)n2)cc1. The third-order valence-corrected chi connectivity index (χ3v) is 3.11. The van der Waals surface area contributed by atoms with Crippen LogP contribution in [0.4, 0.5) is 5.82 Å². The Morgan fingerprint density at radius 2 is 2.09 bits per heavy atom. The van der Waals surface area contributed by atoms with Gasteiger partial charge in [0.1, 0.15) is 5.75 Å². The van der Waals surface area contributed by atoms with E-state index in [1.165, 1.54) is 25.5 Å². The Balaban J connectivity index is 1.78. The quantitative estimate of drug-likeness (QED) is 0.421. The van der Waals surface area contributed by atoms with Gasteiger partial charge in [-0.2, -0.15) is 15.2 Å². The fourth-order valence-corrected chi connectivity index (χ4v) is 1.91. The summed E-state index contributed by atoms with van der Waals surface area (Å²) in [5.74, 6) is 1.14. The van der Waals surface area contributed by atoms with Crippen LogP contribution in [0.5, 0.6) is 5.75 Å². The summed E-state index contributed by atoms with van der Waals surface area (Å²) >= 11 is 0. The second-order valence-electron chi connectivity index (χ2n) is 5.02. The summed E-state index contributed by atoms with van der Waals surface area (Å²) in [5.41, 5.74) is 3.04. The zero-order chi connectivity index (χ0) is 16.3. The normalized spacial score (nSPS) is 10.8. The molecule has 0 atom stereocenters. The van der Waals surface area contributed by atoms with E-state index in [4.69, 9.17) is 4.74 Å². The van der Waals surface area contributed by atoms with Crippen molar-refractivity contribution < 1.29 is 4.74 Å². The van der Waals surface area contributed by atoms with Gasteiger partial charge in [0.25, 0.3) is 0 Å². The van der Waals surface area contributed by atoms with Gasteiger partial charge >= 0.3 is 5.69 Å². The Hall–Kier alpha value is -2.70. The molecular formula is C16H21N5O2. The number of hydrogen-bond acceptors (Lipinski definition) is 6. The fraction of sp³-hybridized carbons (Fsp3) is 0.375. The molecule has 0 aliphatic rings. The molecular weight excluding hydrogens is 294 g/mol. The molecule has 0 saturated carbocycles. The molecule has 1 heterocycles. The van der Waals surface area contributed by atoms with Crippen LogP contribution in [0, 0.1) is 0 Å². The van der Waals surface area contributed by atoms with Crippen molar-refractivity contribution in [2.45, 2.75) is 32.6 Å². The minimum atomic E-state index is -0.523. The van der Waals surface area contributed by atoms with Crippen molar-refractivity contribution in [1.29, 1.82) is 0 Å². The molecule has 2 N–H and O–H groups in total. The lowest BCUT2D eigenvalue weighted by molar-refractivity contribution is 0.305. The third-order valence-electron chi connectivity index (χ3n) is 3.11. The number of aromatic nitrogens is 3. The highest BCUT2D eigenvalue weighted by Gasteiger charge is 1.95. The number of nitrogens with one attached hydrogen (secondary N) is 2. The van der Waals surface area contributed by atoms with Gasteiger partial charge < -0.3 is 4.74 Å². The highest BCUT2D eigenvalue weighted by Crippen LogP contribution is 2.12. The average molecular weight is 315 g/mol. The summed E-state index contributed by atoms with van der Waals surface area (Å²) < 4.78 is 5.68. The summed E-state index contributed by atoms with van der Waals surface area (Å²) in [6.45, 7) is 2.94. The molecule has 0 unspecified atom stereocenters. The van der Waals surface area contributed by atoms with Crippen LogP contribution >= 0.6 is 0 Å². The molecule has 1 aromatic heterocycles. The van der Waals surface area contributed by atoms with Crippen molar-refractivity contribution in [3.63, 3.8) is 0 Å². The molecule has 0 spiro atoms. The van der Waals surface area contributed by atoms with Gasteiger partial charge in [0, 0.05) is 0 Å². The van der Waals surface area contributed by atoms with Crippen molar-refractivity contribution in [2.75, 3.05) is 12.0 Å². The molecule has 0 amide bonds. The predicted octanol–water partition coefficient (Wildman–Crippen LogP) is 2.57. The van der Waals surface area contributed by atoms with E-state index < -0.39 is 5.69 Å². The van der Waals surface area contributed by atoms with E-state index in [1.54, 1.807) is 6.21 Å². The number of nitrogens with zero attached hydrogens (tertiary/aromatic N) is 3. The van der Waals surface area contributed by atoms with Crippen LogP contribution in [0.1, 0.15) is 38.2 Å². The van der Waals surface area contributed by atoms with E-state index in [-0.39, 0.29) is 5.82 Å². The van der Waals surface area contributed by atoms with Gasteiger partial charge in [0.2, 0.25) is 0 Å². The lowest BCUT2D eigenvalue weighted by atomic mass is 10.2. The topological polar surface area (TPSA) is 92.3 Å². The second-order valence-corrected chi connectivity index (χ2v) is 5.02. The first kappa shape index (κ1) is 16.7. The maximum absolute atomic E-state index is 11.0. The Morgan fingerprint density at radius 3 is 2.83 bits per heavy atom. The number of rotatable bonds is 9. The van der Waals surface area contributed by atoms with Crippen molar-refractivity contribution in [3.8, 4) is 5.75 Å². The number of unbranched alkanes of at least 4 members (excludes halogenated alkanes) is 3. The minimum Gasteiger partial charge on any atom is -0.494 e. The Morgan fingerprint density at radius 1 is 1.26 bits per heavy atom. The van der Waals surface area contributed by atoms with Crippen LogP contribution in [0.25, 0.3) is 0 Å². The summed E-state index contributed by atoms with van der Waals surface area (Å²) in [4.78, 5) is 14.6. The largest absolute Gasteiger partial charge is 0.494 e. The van der Waals surface area contributed by atoms with E-state index in [2.05, 4.69) is 32.6 Å². The van der Waals surface area contributed by atoms with Gasteiger partial charge in [-0.1, -0.05) is 26.2 Å². The number of H-pyrrole nitrogens is 1. The molecule has 0 fully saturated rings. The van der Waals surface area contributed by atoms with Crippen LogP contribution in [0.2, 0.25) is 0 Å². The molecule has 0 saturated heterocycles. The molecule has 2 aromatic rings. The van der Waals surface area contributed by atoms with E-state index in [9.17, 15) is 4.79 Å². The summed E-state index contributed by atoms with van der Waals surface area (Å²) in [5, 5.41) is 9.81. The Labute approximate surface area is 134 Å². The van der Waals surface area contributed by atoms with Gasteiger partial charge in [-0.15, -0.1) is 0 Å². The standard InChI is InChI=1S/C16H21N5O2/c1-2-3-4-5-10-23-14-8-6-13(7-9-14)11-17-20-15-12-18-21-16(22)19-15/h6-9,11-12H,2-5,10H2,1H3,(H2,19,20,21,22)/b17-11+. The molecule has 0 aliphatic carbocycles. The van der Waals surface area contributed by atoms with Crippen molar-refractivity contribution >= 4 is 12.0 Å². The van der Waals surface area contributed by atoms with E-state index in [0.29, 0.717) is 0 Å². The first-order chi connectivity index (χ1) is 11.3. The average Bonchev–Trinajstić information content (AvgIpc) is 2.56. The maximum atomic E-state index is 11.0. The van der Waals surface area contributed by atoms with Gasteiger partial charge in [0.05, 0.1) is 19.0 Å². The van der Waals surface area contributed by atoms with E-state index in [1.807, 2.05) is 24.3 Å². The molecule has 23 heavy (non-hydrogen) atoms. The van der Waals surface area contributed by atoms with Crippen molar-refractivity contribution in [3.05, 3.63) is 46.5 Å². The van der Waals surface area contributed by atoms with Crippen LogP contribution in [0.15, 0.2) is 40.4 Å². The van der Waals surface area contributed by atoms with Gasteiger partial charge in [0.15, 0.2) is 5.82 Å². The summed E-state index contributed by atoms with van der Waals surface area (Å²) in [7, 11) is 0. The van der Waals surface area contributed by atoms with Crippen molar-refractivity contribution in [1.82, 2.24) is 15.2 Å². The number of ether oxygens (including phenoxy) is 1. The number of benzene rings is 1. The Kier molecular flexibility index (Phi) is 6.77. The highest BCUT2D eigenvalue weighted by atomic mass is 16.5. The molecule has 7 heteroatoms. The van der Waals surface area contributed by atoms with Gasteiger partial charge in [-0.25, -0.2) is 9.89 Å². The Bertz CT molecular complexity index is 667. The zero-order valence-electron chi connectivity index (χ0n) is 13.2. The monoisotopic (exact) mass is 315 g/mol. The number of aromatic amines is 1. The number of anilines is 1. The van der Waals surface area contributed by atoms with Gasteiger partial charge in [-0.3, -0.25) is 5.43 Å². The number of hydrogen-bond donors (Lipinski definition) is 2. The van der Waals surface area contributed by atoms with Gasteiger partial charge in [-0.05, 0) is 36.2 Å². The first-order valence-corrected chi connectivity index (χ1v) is 7.71. The minimum absolute atomic E-state index is 0.289. The summed E-state index contributed by atoms with van der Waals surface area (Å²) in [6.07, 6.45) is 7.78. The zero-order valence-corrected chi connectivity index (χ0v) is 13.2. The van der Waals surface area contributed by atoms with Crippen LogP contribution < -0.4 is 15.9 Å². The number of hydrazone groups is 1. The molecule has 2 rings (SSSR count). The van der Waals surface area contributed by atoms with Crippen LogP contribution in [-0.2, 0) is 0 Å². The van der Waals surface area contributed by atoms with Crippen LogP contribution in [0.3, 0.4) is 0 Å². The molecule has 0 bridgehead atoms. The maximum Gasteiger partial charge on any atom is 0.363 e. The lowest BCUT2D eigenvalue weighted by Gasteiger charge is -2.05. The van der Waals surface area contributed by atoms with E-state index in [0.717, 1.165) is 24.3 Å². The molecule has 1 aromatic carbocycles. The molecule has 7 nitrogen and oxygen atoms in total. The summed E-state index contributed by atoms with van der Waals surface area (Å²) in [6, 6.07) is 7.65. The predicted molar refractivity (Wildman–Crippen MR) is 89.9 cm³/mol. The fourth-order valence-electron chi connectivity index (χ4n) is 1.91. The highest BCUT2D eigenvalue weighted by molar-refractivity contribution is 5.80. The lowest BCUT2D eigenvalue weighted by Crippen LogP contribution is -2.13. The second kappa shape index (κ2) is 9.34. The molecule has 122 valence electrons. The van der Waals surface area contributed by atoms with E-state index >= 15 is 0 Å². The molecule has 0 radical (unpaired) electrons. The van der Waals surface area contributed by atoms with Crippen molar-refractivity contribution in [2.24, 2.45) is 5.10 Å². The first-order valence-electron chi connectivity index (χ1n) is 7.71. The molecule has 0 aliphatic heterocycles. The van der Waals surface area contributed by atoms with Crippen LogP contribution in [-0.4, -0.2) is 28.0 Å².